The van der Waals surface area contributed by atoms with Crippen LogP contribution in [0.5, 0.6) is 5.75 Å². The fourth-order valence-electron chi connectivity index (χ4n) is 1.16. The third kappa shape index (κ3) is 3.49. The van der Waals surface area contributed by atoms with Crippen molar-refractivity contribution in [3.8, 4) is 5.75 Å². The van der Waals surface area contributed by atoms with E-state index >= 15 is 0 Å². The molecule has 1 aromatic heterocycles. The van der Waals surface area contributed by atoms with Crippen LogP contribution in [0.3, 0.4) is 0 Å². The van der Waals surface area contributed by atoms with Gasteiger partial charge in [0.15, 0.2) is 0 Å². The van der Waals surface area contributed by atoms with Crippen LogP contribution in [0, 0.1) is 5.92 Å². The Morgan fingerprint density at radius 3 is 2.87 bits per heavy atom. The minimum Gasteiger partial charge on any atom is -0.493 e. The zero-order valence-electron chi connectivity index (χ0n) is 9.18. The smallest absolute Gasteiger partial charge is 0.127 e. The summed E-state index contributed by atoms with van der Waals surface area (Å²) >= 11 is 0. The highest BCUT2D eigenvalue weighted by Gasteiger charge is 2.11. The van der Waals surface area contributed by atoms with Crippen molar-refractivity contribution >= 4 is 0 Å². The summed E-state index contributed by atoms with van der Waals surface area (Å²) in [5.74, 6) is 1.16. The van der Waals surface area contributed by atoms with E-state index in [0.717, 1.165) is 5.56 Å². The van der Waals surface area contributed by atoms with Crippen LogP contribution in [0.4, 0.5) is 0 Å². The van der Waals surface area contributed by atoms with E-state index in [1.165, 1.54) is 0 Å². The Labute approximate surface area is 90.1 Å². The van der Waals surface area contributed by atoms with Crippen molar-refractivity contribution in [2.24, 2.45) is 11.7 Å². The van der Waals surface area contributed by atoms with Crippen LogP contribution in [-0.4, -0.2) is 23.3 Å². The number of nitrogens with zero attached hydrogens (tertiary/aromatic N) is 1. The number of aliphatic hydroxyl groups excluding tert-OH is 1. The van der Waals surface area contributed by atoms with Gasteiger partial charge in [0.25, 0.3) is 0 Å². The first kappa shape index (κ1) is 11.9. The zero-order valence-corrected chi connectivity index (χ0v) is 9.18. The molecule has 0 fully saturated rings. The van der Waals surface area contributed by atoms with Gasteiger partial charge >= 0.3 is 0 Å². The van der Waals surface area contributed by atoms with Crippen LogP contribution in [0.15, 0.2) is 18.5 Å². The lowest BCUT2D eigenvalue weighted by atomic mass is 10.1. The minimum atomic E-state index is -0.430. The van der Waals surface area contributed by atoms with E-state index < -0.39 is 6.04 Å². The monoisotopic (exact) mass is 210 g/mol. The normalized spacial score (nSPS) is 12.9. The van der Waals surface area contributed by atoms with E-state index in [-0.39, 0.29) is 6.61 Å². The molecule has 15 heavy (non-hydrogen) atoms. The molecule has 1 rings (SSSR count). The fourth-order valence-corrected chi connectivity index (χ4v) is 1.16. The second kappa shape index (κ2) is 5.68. The van der Waals surface area contributed by atoms with E-state index in [4.69, 9.17) is 15.6 Å². The maximum atomic E-state index is 8.98. The van der Waals surface area contributed by atoms with Gasteiger partial charge in [-0.2, -0.15) is 0 Å². The molecule has 0 aliphatic carbocycles. The molecule has 4 nitrogen and oxygen atoms in total. The topological polar surface area (TPSA) is 68.4 Å². The van der Waals surface area contributed by atoms with Gasteiger partial charge in [-0.05, 0) is 12.0 Å². The molecule has 1 aromatic rings. The molecule has 1 heterocycles. The molecule has 4 heteroatoms. The summed E-state index contributed by atoms with van der Waals surface area (Å²) in [6, 6.07) is 1.34. The molecular formula is C11H18N2O2. The fraction of sp³-hybridized carbons (Fsp3) is 0.545. The lowest BCUT2D eigenvalue weighted by Crippen LogP contribution is -2.17. The van der Waals surface area contributed by atoms with Gasteiger partial charge < -0.3 is 15.6 Å². The molecule has 0 aromatic carbocycles. The van der Waals surface area contributed by atoms with Gasteiger partial charge in [-0.25, -0.2) is 0 Å². The van der Waals surface area contributed by atoms with Gasteiger partial charge in [0, 0.05) is 18.0 Å². The van der Waals surface area contributed by atoms with E-state index in [0.29, 0.717) is 18.3 Å². The maximum Gasteiger partial charge on any atom is 0.127 e. The summed E-state index contributed by atoms with van der Waals surface area (Å²) in [7, 11) is 0. The molecule has 1 unspecified atom stereocenters. The van der Waals surface area contributed by atoms with Gasteiger partial charge in [0.2, 0.25) is 0 Å². The van der Waals surface area contributed by atoms with Crippen molar-refractivity contribution in [1.29, 1.82) is 0 Å². The molecule has 0 aliphatic heterocycles. The highest BCUT2D eigenvalue weighted by Crippen LogP contribution is 2.22. The van der Waals surface area contributed by atoms with Gasteiger partial charge in [-0.15, -0.1) is 0 Å². The number of aromatic nitrogens is 1. The summed E-state index contributed by atoms with van der Waals surface area (Å²) < 4.78 is 5.59. The van der Waals surface area contributed by atoms with Gasteiger partial charge in [0.1, 0.15) is 5.75 Å². The summed E-state index contributed by atoms with van der Waals surface area (Å²) in [6.07, 6.45) is 3.29. The van der Waals surface area contributed by atoms with Gasteiger partial charge in [-0.3, -0.25) is 4.98 Å². The summed E-state index contributed by atoms with van der Waals surface area (Å²) in [5.41, 5.74) is 6.48. The van der Waals surface area contributed by atoms with Gasteiger partial charge in [-0.1, -0.05) is 13.8 Å². The summed E-state index contributed by atoms with van der Waals surface area (Å²) in [5, 5.41) is 8.98. The average molecular weight is 210 g/mol. The predicted octanol–water partition coefficient (Wildman–Crippen LogP) is 1.11. The first-order valence-corrected chi connectivity index (χ1v) is 5.08. The van der Waals surface area contributed by atoms with Crippen LogP contribution in [0.25, 0.3) is 0 Å². The van der Waals surface area contributed by atoms with Crippen molar-refractivity contribution in [3.63, 3.8) is 0 Å². The quantitative estimate of drug-likeness (QED) is 0.764. The molecule has 0 spiro atoms. The number of hydrogen-bond acceptors (Lipinski definition) is 4. The number of ether oxygens (including phenoxy) is 1. The number of pyridine rings is 1. The van der Waals surface area contributed by atoms with Crippen molar-refractivity contribution in [2.75, 3.05) is 13.2 Å². The zero-order chi connectivity index (χ0) is 11.3. The Balaban J connectivity index is 2.77. The highest BCUT2D eigenvalue weighted by molar-refractivity contribution is 5.32. The molecular weight excluding hydrogens is 192 g/mol. The van der Waals surface area contributed by atoms with E-state index in [1.807, 2.05) is 0 Å². The molecule has 84 valence electrons. The highest BCUT2D eigenvalue weighted by atomic mass is 16.5. The molecule has 0 saturated carbocycles. The molecule has 0 aliphatic rings. The molecule has 0 saturated heterocycles. The molecule has 0 amide bonds. The summed E-state index contributed by atoms with van der Waals surface area (Å²) in [6.45, 7) is 4.68. The Morgan fingerprint density at radius 2 is 2.27 bits per heavy atom. The molecule has 0 radical (unpaired) electrons. The third-order valence-electron chi connectivity index (χ3n) is 1.98. The minimum absolute atomic E-state index is 0.107. The van der Waals surface area contributed by atoms with Crippen molar-refractivity contribution < 1.29 is 9.84 Å². The SMILES string of the molecule is CC(C)COc1ccncc1C(N)CO. The Morgan fingerprint density at radius 1 is 1.53 bits per heavy atom. The predicted molar refractivity (Wildman–Crippen MR) is 58.6 cm³/mol. The van der Waals surface area contributed by atoms with Crippen LogP contribution in [-0.2, 0) is 0 Å². The van der Waals surface area contributed by atoms with Gasteiger partial charge in [0.05, 0.1) is 19.3 Å². The van der Waals surface area contributed by atoms with Crippen LogP contribution in [0.1, 0.15) is 25.5 Å². The van der Waals surface area contributed by atoms with Crippen LogP contribution < -0.4 is 10.5 Å². The average Bonchev–Trinajstić information content (AvgIpc) is 2.25. The van der Waals surface area contributed by atoms with Crippen LogP contribution >= 0.6 is 0 Å². The number of nitrogens with two attached hydrogens (primary N) is 1. The Kier molecular flexibility index (Phi) is 4.52. The summed E-state index contributed by atoms with van der Waals surface area (Å²) in [4.78, 5) is 3.97. The van der Waals surface area contributed by atoms with Crippen LogP contribution in [0.2, 0.25) is 0 Å². The maximum absolute atomic E-state index is 8.98. The Bertz CT molecular complexity index is 302. The lowest BCUT2D eigenvalue weighted by molar-refractivity contribution is 0.248. The largest absolute Gasteiger partial charge is 0.493 e. The number of rotatable bonds is 5. The number of hydrogen-bond donors (Lipinski definition) is 2. The molecule has 0 bridgehead atoms. The van der Waals surface area contributed by atoms with Crippen molar-refractivity contribution in [1.82, 2.24) is 4.98 Å². The van der Waals surface area contributed by atoms with E-state index in [1.54, 1.807) is 18.5 Å². The van der Waals surface area contributed by atoms with E-state index in [9.17, 15) is 0 Å². The van der Waals surface area contributed by atoms with Crippen molar-refractivity contribution in [2.45, 2.75) is 19.9 Å². The third-order valence-corrected chi connectivity index (χ3v) is 1.98. The first-order chi connectivity index (χ1) is 7.15. The first-order valence-electron chi connectivity index (χ1n) is 5.08. The standard InChI is InChI=1S/C11H18N2O2/c1-8(2)7-15-11-3-4-13-5-9(11)10(12)6-14/h3-5,8,10,14H,6-7,12H2,1-2H3. The lowest BCUT2D eigenvalue weighted by Gasteiger charge is -2.15. The molecule has 3 N–H and O–H groups in total. The van der Waals surface area contributed by atoms with E-state index in [2.05, 4.69) is 18.8 Å². The van der Waals surface area contributed by atoms with Crippen molar-refractivity contribution in [3.05, 3.63) is 24.0 Å². The number of aliphatic hydroxyl groups is 1. The Hall–Kier alpha value is -1.13. The second-order valence-electron chi connectivity index (χ2n) is 3.91. The second-order valence-corrected chi connectivity index (χ2v) is 3.91. The molecule has 1 atom stereocenters.